The average Bonchev–Trinajstić information content (AvgIpc) is 2.96. The molecule has 0 aromatic heterocycles. The summed E-state index contributed by atoms with van der Waals surface area (Å²) in [5.74, 6) is -3.74. The summed E-state index contributed by atoms with van der Waals surface area (Å²) in [5, 5.41) is 23.6. The number of benzene rings is 3. The lowest BCUT2D eigenvalue weighted by atomic mass is 10.0. The first-order chi connectivity index (χ1) is 19.8. The number of ether oxygens (including phenoxy) is 2. The first-order valence-electron chi connectivity index (χ1n) is 14.0. The van der Waals surface area contributed by atoms with Crippen molar-refractivity contribution in [2.75, 3.05) is 19.8 Å². The molecule has 3 aromatic carbocycles. The Morgan fingerprint density at radius 3 is 2.10 bits per heavy atom. The van der Waals surface area contributed by atoms with E-state index in [0.717, 1.165) is 44.1 Å². The zero-order chi connectivity index (χ0) is 29.5. The summed E-state index contributed by atoms with van der Waals surface area (Å²) in [6.07, 6.45) is 3.05. The van der Waals surface area contributed by atoms with Crippen molar-refractivity contribution in [2.24, 2.45) is 0 Å². The maximum absolute atomic E-state index is 13.0. The van der Waals surface area contributed by atoms with Crippen molar-refractivity contribution in [2.45, 2.75) is 63.6 Å². The molecule has 0 aliphatic rings. The van der Waals surface area contributed by atoms with E-state index in [1.165, 1.54) is 28.5 Å². The third-order valence-electron chi connectivity index (χ3n) is 6.74. The summed E-state index contributed by atoms with van der Waals surface area (Å²) in [5.41, 5.74) is 2.26. The predicted octanol–water partition coefficient (Wildman–Crippen LogP) is 5.16. The number of carbonyl (C=O) groups excluding carboxylic acids is 1. The summed E-state index contributed by atoms with van der Waals surface area (Å²) < 4.78 is 23.7. The molecule has 0 saturated carbocycles. The molecule has 2 unspecified atom stereocenters. The van der Waals surface area contributed by atoms with Gasteiger partial charge in [0.15, 0.2) is 12.2 Å². The molecule has 9 heteroatoms. The van der Waals surface area contributed by atoms with Crippen molar-refractivity contribution >= 4 is 28.6 Å². The minimum Gasteiger partial charge on any atom is -0.480 e. The molecular weight excluding hydrogens is 529 g/mol. The fourth-order valence-electron chi connectivity index (χ4n) is 4.56. The minimum atomic E-state index is -1.75. The molecule has 0 heterocycles. The van der Waals surface area contributed by atoms with E-state index >= 15 is 0 Å². The first kappa shape index (κ1) is 31.7. The quantitative estimate of drug-likeness (QED) is 0.171. The number of fused-ring (bicyclic) bond motifs is 1. The van der Waals surface area contributed by atoms with Crippen LogP contribution in [0, 0.1) is 5.82 Å². The molecule has 2 atom stereocenters. The van der Waals surface area contributed by atoms with Crippen LogP contribution < -0.4 is 5.32 Å². The van der Waals surface area contributed by atoms with Crippen LogP contribution in [-0.2, 0) is 36.7 Å². The van der Waals surface area contributed by atoms with E-state index in [1.807, 2.05) is 12.1 Å². The summed E-state index contributed by atoms with van der Waals surface area (Å²) in [6, 6.07) is 20.9. The Hall–Kier alpha value is -3.82. The lowest BCUT2D eigenvalue weighted by molar-refractivity contribution is -0.172. The van der Waals surface area contributed by atoms with E-state index in [-0.39, 0.29) is 12.4 Å². The molecule has 0 bridgehead atoms. The van der Waals surface area contributed by atoms with Gasteiger partial charge in [0.2, 0.25) is 0 Å². The van der Waals surface area contributed by atoms with Crippen LogP contribution in [0.25, 0.3) is 10.8 Å². The largest absolute Gasteiger partial charge is 0.480 e. The molecule has 3 aromatic rings. The van der Waals surface area contributed by atoms with Crippen LogP contribution >= 0.6 is 0 Å². The Kier molecular flexibility index (Phi) is 13.2. The van der Waals surface area contributed by atoms with Gasteiger partial charge in [-0.1, -0.05) is 67.4 Å². The standard InChI is InChI=1S/C32H38FNO7/c33-27-17-14-23(15-18-27)9-3-1-7-19-34-31(37)29(30(32(38)39)41-22-28(35)36)40-20-8-2-4-10-24-13-16-25-11-5-6-12-26(25)21-24/h5-6,11-18,21,29-30H,1-4,7-10,19-20,22H2,(H,34,37)(H,35,36)(H,38,39). The van der Waals surface area contributed by atoms with Crippen molar-refractivity contribution in [3.63, 3.8) is 0 Å². The van der Waals surface area contributed by atoms with E-state index in [0.29, 0.717) is 19.4 Å². The highest BCUT2D eigenvalue weighted by atomic mass is 19.1. The van der Waals surface area contributed by atoms with Crippen molar-refractivity contribution in [3.8, 4) is 0 Å². The molecule has 0 saturated heterocycles. The highest BCUT2D eigenvalue weighted by Crippen LogP contribution is 2.17. The maximum atomic E-state index is 13.0. The molecule has 8 nitrogen and oxygen atoms in total. The molecule has 3 N–H and O–H groups in total. The van der Waals surface area contributed by atoms with Gasteiger partial charge in [-0.25, -0.2) is 14.0 Å². The van der Waals surface area contributed by atoms with Crippen LogP contribution in [0.2, 0.25) is 0 Å². The zero-order valence-corrected chi connectivity index (χ0v) is 23.1. The van der Waals surface area contributed by atoms with E-state index in [9.17, 15) is 23.9 Å². The number of amides is 1. The van der Waals surface area contributed by atoms with Gasteiger partial charge in [-0.05, 0) is 72.6 Å². The number of hydrogen-bond acceptors (Lipinski definition) is 5. The second kappa shape index (κ2) is 17.1. The normalized spacial score (nSPS) is 12.6. The van der Waals surface area contributed by atoms with E-state index in [4.69, 9.17) is 14.6 Å². The van der Waals surface area contributed by atoms with Gasteiger partial charge in [0.1, 0.15) is 12.4 Å². The number of carboxylic acid groups (broad SMARTS) is 2. The number of hydrogen-bond donors (Lipinski definition) is 3. The second-order valence-corrected chi connectivity index (χ2v) is 9.98. The Morgan fingerprint density at radius 2 is 1.39 bits per heavy atom. The Labute approximate surface area is 239 Å². The Morgan fingerprint density at radius 1 is 0.732 bits per heavy atom. The van der Waals surface area contributed by atoms with Gasteiger partial charge in [0.05, 0.1) is 0 Å². The molecule has 0 fully saturated rings. The van der Waals surface area contributed by atoms with Crippen LogP contribution in [0.15, 0.2) is 66.7 Å². The summed E-state index contributed by atoms with van der Waals surface area (Å²) in [6.45, 7) is -0.425. The van der Waals surface area contributed by atoms with Gasteiger partial charge in [-0.2, -0.15) is 0 Å². The SMILES string of the molecule is O=C(O)COC(C(=O)O)C(OCCCCCc1ccc2ccccc2c1)C(=O)NCCCCCc1ccc(F)cc1. The van der Waals surface area contributed by atoms with Crippen molar-refractivity contribution < 1.29 is 38.5 Å². The minimum absolute atomic E-state index is 0.133. The number of carboxylic acids is 2. The smallest absolute Gasteiger partial charge is 0.336 e. The fraction of sp³-hybridized carbons (Fsp3) is 0.406. The molecule has 0 radical (unpaired) electrons. The average molecular weight is 568 g/mol. The monoisotopic (exact) mass is 567 g/mol. The number of rotatable bonds is 19. The lowest BCUT2D eigenvalue weighted by Crippen LogP contribution is -2.49. The lowest BCUT2D eigenvalue weighted by Gasteiger charge is -2.23. The van der Waals surface area contributed by atoms with E-state index < -0.39 is 36.7 Å². The van der Waals surface area contributed by atoms with Crippen molar-refractivity contribution in [1.29, 1.82) is 0 Å². The molecule has 41 heavy (non-hydrogen) atoms. The molecule has 0 aliphatic carbocycles. The van der Waals surface area contributed by atoms with Gasteiger partial charge in [-0.15, -0.1) is 0 Å². The zero-order valence-electron chi connectivity index (χ0n) is 23.1. The Balaban J connectivity index is 1.43. The second-order valence-electron chi connectivity index (χ2n) is 9.98. The summed E-state index contributed by atoms with van der Waals surface area (Å²) in [4.78, 5) is 35.6. The van der Waals surface area contributed by atoms with Crippen LogP contribution in [0.5, 0.6) is 0 Å². The van der Waals surface area contributed by atoms with Crippen molar-refractivity contribution in [3.05, 3.63) is 83.7 Å². The van der Waals surface area contributed by atoms with Gasteiger partial charge >= 0.3 is 11.9 Å². The van der Waals surface area contributed by atoms with Gasteiger partial charge in [0.25, 0.3) is 5.91 Å². The topological polar surface area (TPSA) is 122 Å². The highest BCUT2D eigenvalue weighted by molar-refractivity contribution is 5.88. The molecule has 0 spiro atoms. The third-order valence-corrected chi connectivity index (χ3v) is 6.74. The van der Waals surface area contributed by atoms with Crippen LogP contribution in [0.3, 0.4) is 0 Å². The number of nitrogens with one attached hydrogen (secondary N) is 1. The molecule has 220 valence electrons. The summed E-state index contributed by atoms with van der Waals surface area (Å²) >= 11 is 0. The third kappa shape index (κ3) is 11.3. The van der Waals surface area contributed by atoms with Gasteiger partial charge in [0, 0.05) is 13.2 Å². The number of aryl methyl sites for hydroxylation is 2. The predicted molar refractivity (Wildman–Crippen MR) is 153 cm³/mol. The van der Waals surface area contributed by atoms with Crippen LogP contribution in [0.4, 0.5) is 4.39 Å². The van der Waals surface area contributed by atoms with Crippen molar-refractivity contribution in [1.82, 2.24) is 5.32 Å². The van der Waals surface area contributed by atoms with E-state index in [2.05, 4.69) is 35.6 Å². The number of aliphatic carboxylic acids is 2. The Bertz CT molecular complexity index is 1260. The molecule has 0 aliphatic heterocycles. The molecule has 3 rings (SSSR count). The maximum Gasteiger partial charge on any atom is 0.336 e. The summed E-state index contributed by atoms with van der Waals surface area (Å²) in [7, 11) is 0. The molecule has 1 amide bonds. The number of halogens is 1. The highest BCUT2D eigenvalue weighted by Gasteiger charge is 2.36. The van der Waals surface area contributed by atoms with E-state index in [1.54, 1.807) is 12.1 Å². The van der Waals surface area contributed by atoms with Gasteiger partial charge in [-0.3, -0.25) is 4.79 Å². The molecular formula is C32H38FNO7. The van der Waals surface area contributed by atoms with Crippen LogP contribution in [0.1, 0.15) is 49.7 Å². The van der Waals surface area contributed by atoms with Crippen LogP contribution in [-0.4, -0.2) is 60.0 Å². The van der Waals surface area contributed by atoms with Gasteiger partial charge < -0.3 is 25.0 Å². The first-order valence-corrected chi connectivity index (χ1v) is 14.0. The number of unbranched alkanes of at least 4 members (excludes halogenated alkanes) is 4. The fourth-order valence-corrected chi connectivity index (χ4v) is 4.56. The number of carbonyl (C=O) groups is 3.